The molecular formula is C20H25N2O2+. The van der Waals surface area contributed by atoms with Gasteiger partial charge in [-0.1, -0.05) is 0 Å². The molecule has 0 aromatic heterocycles. The Morgan fingerprint density at radius 2 is 1.67 bits per heavy atom. The molecule has 2 aromatic carbocycles. The number of anilines is 1. The van der Waals surface area contributed by atoms with Crippen molar-refractivity contribution in [2.75, 3.05) is 38.2 Å². The summed E-state index contributed by atoms with van der Waals surface area (Å²) >= 11 is 0. The summed E-state index contributed by atoms with van der Waals surface area (Å²) in [5, 5.41) is 0. The van der Waals surface area contributed by atoms with Crippen LogP contribution in [0.2, 0.25) is 0 Å². The Bertz CT molecular complexity index is 659. The molecule has 0 radical (unpaired) electrons. The van der Waals surface area contributed by atoms with Crippen LogP contribution in [0.15, 0.2) is 48.5 Å². The number of benzene rings is 2. The number of piperazine rings is 1. The first-order chi connectivity index (χ1) is 11.7. The van der Waals surface area contributed by atoms with Crippen LogP contribution in [0.4, 0.5) is 5.69 Å². The summed E-state index contributed by atoms with van der Waals surface area (Å²) in [7, 11) is 1.70. The summed E-state index contributed by atoms with van der Waals surface area (Å²) in [6.45, 7) is 6.60. The molecule has 1 fully saturated rings. The summed E-state index contributed by atoms with van der Waals surface area (Å²) in [4.78, 5) is 14.8. The third kappa shape index (κ3) is 3.60. The van der Waals surface area contributed by atoms with E-state index >= 15 is 0 Å². The molecule has 3 rings (SSSR count). The number of rotatable bonds is 5. The van der Waals surface area contributed by atoms with E-state index in [-0.39, 0.29) is 0 Å². The second-order valence-electron chi connectivity index (χ2n) is 6.35. The van der Waals surface area contributed by atoms with Crippen LogP contribution in [-0.2, 0) is 0 Å². The number of methoxy groups -OCH3 is 1. The van der Waals surface area contributed by atoms with Crippen molar-refractivity contribution in [3.63, 3.8) is 0 Å². The molecule has 1 atom stereocenters. The van der Waals surface area contributed by atoms with E-state index in [2.05, 4.69) is 24.0 Å². The zero-order valence-corrected chi connectivity index (χ0v) is 14.4. The molecule has 0 spiro atoms. The van der Waals surface area contributed by atoms with E-state index in [1.165, 1.54) is 11.3 Å². The molecule has 4 heteroatoms. The first kappa shape index (κ1) is 16.5. The first-order valence-corrected chi connectivity index (χ1v) is 8.50. The second-order valence-corrected chi connectivity index (χ2v) is 6.35. The number of ether oxygens (including phenoxy) is 1. The molecule has 0 bridgehead atoms. The number of quaternary nitrogens is 1. The zero-order chi connectivity index (χ0) is 16.9. The van der Waals surface area contributed by atoms with Gasteiger partial charge in [0.15, 0.2) is 0 Å². The Kier molecular flexibility index (Phi) is 5.16. The van der Waals surface area contributed by atoms with Crippen molar-refractivity contribution in [2.24, 2.45) is 0 Å². The summed E-state index contributed by atoms with van der Waals surface area (Å²) in [6, 6.07) is 16.8. The largest absolute Gasteiger partial charge is 0.497 e. The molecule has 1 heterocycles. The monoisotopic (exact) mass is 325 g/mol. The molecule has 0 amide bonds. The molecule has 1 N–H and O–H groups in total. The van der Waals surface area contributed by atoms with Crippen molar-refractivity contribution in [3.05, 3.63) is 59.7 Å². The molecule has 1 aliphatic heterocycles. The molecule has 1 aliphatic rings. The van der Waals surface area contributed by atoms with Crippen LogP contribution in [0.3, 0.4) is 0 Å². The predicted molar refractivity (Wildman–Crippen MR) is 96.1 cm³/mol. The minimum Gasteiger partial charge on any atom is -0.497 e. The Hall–Kier alpha value is -2.33. The highest BCUT2D eigenvalue weighted by Crippen LogP contribution is 2.17. The third-order valence-corrected chi connectivity index (χ3v) is 5.03. The number of nitrogens with zero attached hydrogens (tertiary/aromatic N) is 1. The quantitative estimate of drug-likeness (QED) is 0.854. The Balaban J connectivity index is 1.59. The number of carbonyl (C=O) groups is 1. The van der Waals surface area contributed by atoms with Crippen LogP contribution in [0.25, 0.3) is 0 Å². The lowest BCUT2D eigenvalue weighted by molar-refractivity contribution is -0.930. The highest BCUT2D eigenvalue weighted by atomic mass is 16.5. The molecule has 0 saturated carbocycles. The lowest BCUT2D eigenvalue weighted by atomic mass is 10.1. The van der Waals surface area contributed by atoms with Crippen molar-refractivity contribution in [3.8, 4) is 5.75 Å². The van der Waals surface area contributed by atoms with E-state index < -0.39 is 0 Å². The van der Waals surface area contributed by atoms with Gasteiger partial charge < -0.3 is 14.5 Å². The lowest BCUT2D eigenvalue weighted by Gasteiger charge is -2.36. The fourth-order valence-electron chi connectivity index (χ4n) is 3.38. The van der Waals surface area contributed by atoms with E-state index in [0.717, 1.165) is 43.8 Å². The fraction of sp³-hybridized carbons (Fsp3) is 0.350. The van der Waals surface area contributed by atoms with Gasteiger partial charge in [0, 0.05) is 16.8 Å². The fourth-order valence-corrected chi connectivity index (χ4v) is 3.38. The average Bonchev–Trinajstić information content (AvgIpc) is 2.68. The topological polar surface area (TPSA) is 34.0 Å². The maximum Gasteiger partial charge on any atom is 0.150 e. The second kappa shape index (κ2) is 7.49. The SMILES string of the molecule is COc1ccc([C@H](C)[NH+]2CCN(c3ccc(C=O)cc3)CC2)cc1. The molecule has 2 aromatic rings. The van der Waals surface area contributed by atoms with E-state index in [1.807, 2.05) is 36.4 Å². The number of aldehydes is 1. The van der Waals surface area contributed by atoms with Gasteiger partial charge in [0.1, 0.15) is 18.1 Å². The van der Waals surface area contributed by atoms with Crippen molar-refractivity contribution in [1.82, 2.24) is 0 Å². The molecule has 4 nitrogen and oxygen atoms in total. The van der Waals surface area contributed by atoms with E-state index in [9.17, 15) is 4.79 Å². The van der Waals surface area contributed by atoms with Gasteiger partial charge in [-0.2, -0.15) is 0 Å². The van der Waals surface area contributed by atoms with Gasteiger partial charge in [0.05, 0.1) is 33.3 Å². The van der Waals surface area contributed by atoms with Crippen LogP contribution in [0.5, 0.6) is 5.75 Å². The Morgan fingerprint density at radius 3 is 2.21 bits per heavy atom. The zero-order valence-electron chi connectivity index (χ0n) is 14.4. The maximum atomic E-state index is 10.8. The smallest absolute Gasteiger partial charge is 0.150 e. The van der Waals surface area contributed by atoms with Crippen LogP contribution < -0.4 is 14.5 Å². The van der Waals surface area contributed by atoms with Gasteiger partial charge in [-0.25, -0.2) is 0 Å². The van der Waals surface area contributed by atoms with Gasteiger partial charge in [-0.15, -0.1) is 0 Å². The summed E-state index contributed by atoms with van der Waals surface area (Å²) < 4.78 is 5.24. The summed E-state index contributed by atoms with van der Waals surface area (Å²) in [5.41, 5.74) is 3.29. The number of nitrogens with one attached hydrogen (secondary N) is 1. The van der Waals surface area contributed by atoms with Gasteiger partial charge >= 0.3 is 0 Å². The van der Waals surface area contributed by atoms with Gasteiger partial charge in [-0.05, 0) is 55.5 Å². The Labute approximate surface area is 143 Å². The number of hydrogen-bond donors (Lipinski definition) is 1. The standard InChI is InChI=1S/C20H24N2O2/c1-16(18-5-9-20(24-2)10-6-18)21-11-13-22(14-12-21)19-7-3-17(15-23)4-8-19/h3-10,15-16H,11-14H2,1-2H3/p+1/t16-/m0/s1. The molecule has 0 unspecified atom stereocenters. The molecular weight excluding hydrogens is 300 g/mol. The van der Waals surface area contributed by atoms with Gasteiger partial charge in [0.2, 0.25) is 0 Å². The normalized spacial score (nSPS) is 16.7. The molecule has 126 valence electrons. The van der Waals surface area contributed by atoms with Crippen molar-refractivity contribution in [2.45, 2.75) is 13.0 Å². The van der Waals surface area contributed by atoms with E-state index in [4.69, 9.17) is 4.74 Å². The average molecular weight is 325 g/mol. The van der Waals surface area contributed by atoms with Crippen molar-refractivity contribution in [1.29, 1.82) is 0 Å². The van der Waals surface area contributed by atoms with Gasteiger partial charge in [0.25, 0.3) is 0 Å². The van der Waals surface area contributed by atoms with Crippen LogP contribution >= 0.6 is 0 Å². The summed E-state index contributed by atoms with van der Waals surface area (Å²) in [5.74, 6) is 0.907. The van der Waals surface area contributed by atoms with Gasteiger partial charge in [-0.3, -0.25) is 4.79 Å². The third-order valence-electron chi connectivity index (χ3n) is 5.03. The maximum absolute atomic E-state index is 10.8. The number of hydrogen-bond acceptors (Lipinski definition) is 3. The number of carbonyl (C=O) groups excluding carboxylic acids is 1. The van der Waals surface area contributed by atoms with Crippen LogP contribution in [0.1, 0.15) is 28.9 Å². The molecule has 1 saturated heterocycles. The van der Waals surface area contributed by atoms with E-state index in [1.54, 1.807) is 12.0 Å². The minimum atomic E-state index is 0.482. The van der Waals surface area contributed by atoms with Crippen molar-refractivity contribution >= 4 is 12.0 Å². The Morgan fingerprint density at radius 1 is 1.04 bits per heavy atom. The van der Waals surface area contributed by atoms with E-state index in [0.29, 0.717) is 6.04 Å². The minimum absolute atomic E-state index is 0.482. The highest BCUT2D eigenvalue weighted by Gasteiger charge is 2.25. The van der Waals surface area contributed by atoms with Crippen LogP contribution in [-0.4, -0.2) is 39.6 Å². The molecule has 24 heavy (non-hydrogen) atoms. The van der Waals surface area contributed by atoms with Crippen LogP contribution in [0, 0.1) is 0 Å². The predicted octanol–water partition coefficient (Wildman–Crippen LogP) is 1.97. The first-order valence-electron chi connectivity index (χ1n) is 8.50. The summed E-state index contributed by atoms with van der Waals surface area (Å²) in [6.07, 6.45) is 0.891. The molecule has 0 aliphatic carbocycles. The highest BCUT2D eigenvalue weighted by molar-refractivity contribution is 5.75. The lowest BCUT2D eigenvalue weighted by Crippen LogP contribution is -3.14. The van der Waals surface area contributed by atoms with Crippen molar-refractivity contribution < 1.29 is 14.4 Å².